The van der Waals surface area contributed by atoms with Gasteiger partial charge in [-0.15, -0.1) is 0 Å². The van der Waals surface area contributed by atoms with Crippen LogP contribution in [0.3, 0.4) is 0 Å². The molecule has 1 aromatic rings. The smallest absolute Gasteiger partial charge is 0.314 e. The second kappa shape index (κ2) is 8.03. The summed E-state index contributed by atoms with van der Waals surface area (Å²) in [6, 6.07) is 1.56. The highest BCUT2D eigenvalue weighted by molar-refractivity contribution is 5.73. The number of amides is 2. The Kier molecular flexibility index (Phi) is 6.29. The van der Waals surface area contributed by atoms with Crippen LogP contribution >= 0.6 is 0 Å². The van der Waals surface area contributed by atoms with Gasteiger partial charge in [-0.05, 0) is 58.7 Å². The molecule has 0 saturated carbocycles. The van der Waals surface area contributed by atoms with Crippen molar-refractivity contribution < 1.29 is 14.3 Å². The van der Waals surface area contributed by atoms with Gasteiger partial charge in [0.1, 0.15) is 17.1 Å². The van der Waals surface area contributed by atoms with Crippen molar-refractivity contribution in [1.82, 2.24) is 15.5 Å². The summed E-state index contributed by atoms with van der Waals surface area (Å²) in [6.07, 6.45) is 2.56. The van der Waals surface area contributed by atoms with Gasteiger partial charge >= 0.3 is 6.03 Å². The molecule has 6 heteroatoms. The topological polar surface area (TPSA) is 77.7 Å². The van der Waals surface area contributed by atoms with Crippen LogP contribution in [0.25, 0.3) is 0 Å². The lowest BCUT2D eigenvalue weighted by atomic mass is 9.96. The summed E-state index contributed by atoms with van der Waals surface area (Å²) in [6.45, 7) is 11.6. The van der Waals surface area contributed by atoms with E-state index in [9.17, 15) is 9.90 Å². The average molecular weight is 337 g/mol. The van der Waals surface area contributed by atoms with Gasteiger partial charge < -0.3 is 25.1 Å². The van der Waals surface area contributed by atoms with E-state index < -0.39 is 5.60 Å². The third-order valence-corrected chi connectivity index (χ3v) is 4.59. The van der Waals surface area contributed by atoms with Crippen LogP contribution in [-0.4, -0.2) is 48.8 Å². The minimum Gasteiger partial charge on any atom is -0.466 e. The molecule has 2 amide bonds. The number of nitrogens with one attached hydrogen (secondary N) is 2. The molecule has 6 nitrogen and oxygen atoms in total. The number of carbonyl (C=O) groups is 1. The minimum atomic E-state index is -1.15. The lowest BCUT2D eigenvalue weighted by Crippen LogP contribution is -2.45. The highest BCUT2D eigenvalue weighted by Gasteiger charge is 2.28. The maximum Gasteiger partial charge on any atom is 0.314 e. The van der Waals surface area contributed by atoms with Crippen molar-refractivity contribution >= 4 is 6.03 Å². The molecule has 2 atom stereocenters. The van der Waals surface area contributed by atoms with Gasteiger partial charge in [-0.25, -0.2) is 4.79 Å². The molecule has 2 unspecified atom stereocenters. The first-order valence-electron chi connectivity index (χ1n) is 8.82. The van der Waals surface area contributed by atoms with Crippen molar-refractivity contribution in [1.29, 1.82) is 0 Å². The van der Waals surface area contributed by atoms with Gasteiger partial charge in [0.25, 0.3) is 0 Å². The molecule has 0 aliphatic carbocycles. The van der Waals surface area contributed by atoms with E-state index in [-0.39, 0.29) is 12.6 Å². The van der Waals surface area contributed by atoms with Crippen LogP contribution in [0.15, 0.2) is 10.5 Å². The monoisotopic (exact) mass is 337 g/mol. The van der Waals surface area contributed by atoms with Gasteiger partial charge in [0.05, 0.1) is 6.54 Å². The van der Waals surface area contributed by atoms with Crippen LogP contribution in [0, 0.1) is 19.8 Å². The first kappa shape index (κ1) is 18.8. The molecule has 0 bridgehead atoms. The highest BCUT2D eigenvalue weighted by atomic mass is 16.3. The van der Waals surface area contributed by atoms with Gasteiger partial charge in [-0.1, -0.05) is 6.92 Å². The van der Waals surface area contributed by atoms with E-state index in [1.54, 1.807) is 6.92 Å². The fourth-order valence-electron chi connectivity index (χ4n) is 3.31. The average Bonchev–Trinajstić information content (AvgIpc) is 3.12. The zero-order chi connectivity index (χ0) is 17.7. The number of nitrogens with zero attached hydrogens (tertiary/aromatic N) is 1. The summed E-state index contributed by atoms with van der Waals surface area (Å²) in [4.78, 5) is 14.4. The first-order valence-corrected chi connectivity index (χ1v) is 8.82. The van der Waals surface area contributed by atoms with Crippen LogP contribution in [0.5, 0.6) is 0 Å². The third kappa shape index (κ3) is 5.24. The number of likely N-dealkylation sites (tertiary alicyclic amines) is 1. The molecule has 0 aromatic carbocycles. The van der Waals surface area contributed by atoms with Gasteiger partial charge in [-0.3, -0.25) is 0 Å². The maximum atomic E-state index is 12.0. The Morgan fingerprint density at radius 1 is 1.38 bits per heavy atom. The van der Waals surface area contributed by atoms with Crippen molar-refractivity contribution in [2.75, 3.05) is 32.7 Å². The summed E-state index contributed by atoms with van der Waals surface area (Å²) in [5, 5.41) is 16.2. The number of furan rings is 1. The number of urea groups is 1. The van der Waals surface area contributed by atoms with Crippen molar-refractivity contribution in [2.24, 2.45) is 5.92 Å². The van der Waals surface area contributed by atoms with Gasteiger partial charge in [0.2, 0.25) is 0 Å². The number of aliphatic hydroxyl groups is 1. The van der Waals surface area contributed by atoms with E-state index >= 15 is 0 Å². The fourth-order valence-corrected chi connectivity index (χ4v) is 3.31. The van der Waals surface area contributed by atoms with E-state index in [0.717, 1.165) is 12.3 Å². The molecule has 1 aromatic heterocycles. The molecule has 2 rings (SSSR count). The lowest BCUT2D eigenvalue weighted by Gasteiger charge is -2.24. The Morgan fingerprint density at radius 3 is 2.62 bits per heavy atom. The van der Waals surface area contributed by atoms with E-state index in [1.165, 1.54) is 25.9 Å². The van der Waals surface area contributed by atoms with Gasteiger partial charge in [-0.2, -0.15) is 0 Å². The summed E-state index contributed by atoms with van der Waals surface area (Å²) in [5.74, 6) is 1.84. The third-order valence-electron chi connectivity index (χ3n) is 4.59. The Balaban J connectivity index is 1.72. The molecule has 1 fully saturated rings. The van der Waals surface area contributed by atoms with Crippen LogP contribution in [0.1, 0.15) is 43.8 Å². The first-order chi connectivity index (χ1) is 11.3. The zero-order valence-electron chi connectivity index (χ0n) is 15.3. The molecule has 2 heterocycles. The van der Waals surface area contributed by atoms with E-state index in [0.29, 0.717) is 23.8 Å². The number of carbonyl (C=O) groups excluding carboxylic acids is 1. The molecule has 1 aliphatic rings. The molecular formula is C18H31N3O3. The van der Waals surface area contributed by atoms with E-state index in [2.05, 4.69) is 22.5 Å². The molecule has 136 valence electrons. The zero-order valence-corrected chi connectivity index (χ0v) is 15.3. The molecule has 1 aliphatic heterocycles. The Hall–Kier alpha value is -1.53. The number of aryl methyl sites for hydroxylation is 2. The van der Waals surface area contributed by atoms with Crippen LogP contribution in [0.4, 0.5) is 4.79 Å². The predicted molar refractivity (Wildman–Crippen MR) is 94.0 cm³/mol. The largest absolute Gasteiger partial charge is 0.466 e. The Labute approximate surface area is 144 Å². The number of hydrogen-bond donors (Lipinski definition) is 3. The second-order valence-corrected chi connectivity index (χ2v) is 7.28. The molecule has 1 saturated heterocycles. The predicted octanol–water partition coefficient (Wildman–Crippen LogP) is 2.14. The SMILES string of the molecule is Cc1cc(C(C)(O)CNC(=O)NCC(C)CN2CCCC2)c(C)o1. The van der Waals surface area contributed by atoms with Crippen LogP contribution in [0.2, 0.25) is 0 Å². The van der Waals surface area contributed by atoms with Crippen molar-refractivity contribution in [3.63, 3.8) is 0 Å². The highest BCUT2D eigenvalue weighted by Crippen LogP contribution is 2.26. The van der Waals surface area contributed by atoms with E-state index in [4.69, 9.17) is 4.42 Å². The van der Waals surface area contributed by atoms with Crippen molar-refractivity contribution in [3.05, 3.63) is 23.2 Å². The summed E-state index contributed by atoms with van der Waals surface area (Å²) < 4.78 is 5.46. The summed E-state index contributed by atoms with van der Waals surface area (Å²) in [5.41, 5.74) is -0.442. The van der Waals surface area contributed by atoms with Crippen molar-refractivity contribution in [3.8, 4) is 0 Å². The number of hydrogen-bond acceptors (Lipinski definition) is 4. The van der Waals surface area contributed by atoms with E-state index in [1.807, 2.05) is 19.9 Å². The normalized spacial score (nSPS) is 19.0. The Bertz CT molecular complexity index is 548. The number of rotatable bonds is 7. The van der Waals surface area contributed by atoms with Crippen molar-refractivity contribution in [2.45, 2.75) is 46.1 Å². The molecule has 24 heavy (non-hydrogen) atoms. The minimum absolute atomic E-state index is 0.138. The fraction of sp³-hybridized carbons (Fsp3) is 0.722. The molecule has 0 radical (unpaired) electrons. The van der Waals surface area contributed by atoms with Crippen LogP contribution in [-0.2, 0) is 5.60 Å². The quantitative estimate of drug-likeness (QED) is 0.712. The molecule has 3 N–H and O–H groups in total. The molecule has 0 spiro atoms. The van der Waals surface area contributed by atoms with Crippen LogP contribution < -0.4 is 10.6 Å². The summed E-state index contributed by atoms with van der Waals surface area (Å²) in [7, 11) is 0. The molecular weight excluding hydrogens is 306 g/mol. The second-order valence-electron chi connectivity index (χ2n) is 7.28. The standard InChI is InChI=1S/C18H31N3O3/c1-13(11-21-7-5-6-8-21)10-19-17(22)20-12-18(4,23)16-9-14(2)24-15(16)3/h9,13,23H,5-8,10-12H2,1-4H3,(H2,19,20,22). The maximum absolute atomic E-state index is 12.0. The van der Waals surface area contributed by atoms with Gasteiger partial charge in [0, 0.05) is 18.7 Å². The Morgan fingerprint density at radius 2 is 2.04 bits per heavy atom. The summed E-state index contributed by atoms with van der Waals surface area (Å²) >= 11 is 0. The van der Waals surface area contributed by atoms with Gasteiger partial charge in [0.15, 0.2) is 0 Å². The lowest BCUT2D eigenvalue weighted by molar-refractivity contribution is 0.0578.